The molecule has 0 aliphatic rings. The van der Waals surface area contributed by atoms with Crippen molar-refractivity contribution in [1.29, 1.82) is 0 Å². The van der Waals surface area contributed by atoms with Crippen LogP contribution < -0.4 is 0 Å². The molecule has 17 nitrogen and oxygen atoms in total. The Bertz CT molecular complexity index is 1730. The predicted molar refractivity (Wildman–Crippen MR) is 354 cm³/mol. The van der Waals surface area contributed by atoms with Crippen molar-refractivity contribution in [3.8, 4) is 0 Å². The maximum Gasteiger partial charge on any atom is 0.472 e. The Hall–Kier alpha value is -1.94. The molecule has 0 radical (unpaired) electrons. The van der Waals surface area contributed by atoms with Crippen LogP contribution in [0.5, 0.6) is 0 Å². The van der Waals surface area contributed by atoms with Crippen molar-refractivity contribution in [1.82, 2.24) is 0 Å². The fraction of sp³-hybridized carbons (Fsp3) is 0.942. The summed E-state index contributed by atoms with van der Waals surface area (Å²) in [6, 6.07) is 0. The van der Waals surface area contributed by atoms with E-state index in [0.29, 0.717) is 25.7 Å². The lowest BCUT2D eigenvalue weighted by atomic mass is 10.0. The molecular formula is C69H134O17P2. The summed E-state index contributed by atoms with van der Waals surface area (Å²) in [4.78, 5) is 72.2. The molecule has 19 heteroatoms. The lowest BCUT2D eigenvalue weighted by Gasteiger charge is -2.21. The van der Waals surface area contributed by atoms with E-state index in [1.54, 1.807) is 0 Å². The zero-order valence-electron chi connectivity index (χ0n) is 57.2. The fourth-order valence-corrected chi connectivity index (χ4v) is 11.9. The van der Waals surface area contributed by atoms with Gasteiger partial charge in [0, 0.05) is 25.7 Å². The van der Waals surface area contributed by atoms with Crippen LogP contribution in [-0.4, -0.2) is 96.7 Å². The first-order chi connectivity index (χ1) is 42.2. The molecule has 5 atom stereocenters. The molecule has 0 heterocycles. The third-order valence-electron chi connectivity index (χ3n) is 15.9. The minimum Gasteiger partial charge on any atom is -0.462 e. The van der Waals surface area contributed by atoms with Gasteiger partial charge in [0.15, 0.2) is 12.2 Å². The van der Waals surface area contributed by atoms with Crippen LogP contribution in [-0.2, 0) is 65.4 Å². The molecule has 2 unspecified atom stereocenters. The van der Waals surface area contributed by atoms with Crippen LogP contribution in [0.1, 0.15) is 344 Å². The van der Waals surface area contributed by atoms with Crippen molar-refractivity contribution in [2.45, 2.75) is 362 Å². The van der Waals surface area contributed by atoms with Gasteiger partial charge in [0.1, 0.15) is 19.3 Å². The largest absolute Gasteiger partial charge is 0.472 e. The van der Waals surface area contributed by atoms with Crippen molar-refractivity contribution in [2.75, 3.05) is 39.6 Å². The summed E-state index contributed by atoms with van der Waals surface area (Å²) in [7, 11) is -9.89. The number of esters is 4. The van der Waals surface area contributed by atoms with Gasteiger partial charge in [-0.3, -0.25) is 37.3 Å². The second-order valence-corrected chi connectivity index (χ2v) is 29.3. The number of phosphoric ester groups is 2. The first kappa shape index (κ1) is 86.1. The normalized spacial score (nSPS) is 14.2. The topological polar surface area (TPSA) is 237 Å². The lowest BCUT2D eigenvalue weighted by molar-refractivity contribution is -0.161. The fourth-order valence-electron chi connectivity index (χ4n) is 10.4. The van der Waals surface area contributed by atoms with Gasteiger partial charge in [-0.1, -0.05) is 292 Å². The summed E-state index contributed by atoms with van der Waals surface area (Å²) in [5, 5.41) is 10.5. The summed E-state index contributed by atoms with van der Waals surface area (Å²) >= 11 is 0. The summed E-state index contributed by atoms with van der Waals surface area (Å²) in [6.45, 7) is 11.7. The number of hydrogen-bond acceptors (Lipinski definition) is 15. The molecule has 88 heavy (non-hydrogen) atoms. The van der Waals surface area contributed by atoms with E-state index in [0.717, 1.165) is 114 Å². The smallest absolute Gasteiger partial charge is 0.462 e. The van der Waals surface area contributed by atoms with Crippen LogP contribution in [0.2, 0.25) is 0 Å². The van der Waals surface area contributed by atoms with Gasteiger partial charge in [-0.05, 0) is 43.4 Å². The van der Waals surface area contributed by atoms with Crippen LogP contribution in [0.25, 0.3) is 0 Å². The maximum atomic E-state index is 13.0. The highest BCUT2D eigenvalue weighted by atomic mass is 31.2. The van der Waals surface area contributed by atoms with E-state index in [4.69, 9.17) is 37.0 Å². The standard InChI is InChI=1S/C69H134O17P2/c1-8-9-10-33-43-50-66(71)79-56-64(85-69(74)53-46-39-32-26-25-29-36-42-49-62(6)7)58-83-87(75,76)81-54-63(70)55-82-88(77,78)84-59-65(86-68(73)52-45-38-31-24-20-16-12-14-18-22-28-35-41-48-61(4)5)57-80-67(72)51-44-37-30-23-19-15-11-13-17-21-27-34-40-47-60(2)3/h60-65,70H,8-59H2,1-7H3,(H,75,76)(H,77,78)/t63-,64+,65+/m0/s1. The van der Waals surface area contributed by atoms with Crippen LogP contribution >= 0.6 is 15.6 Å². The van der Waals surface area contributed by atoms with Crippen molar-refractivity contribution in [2.24, 2.45) is 17.8 Å². The van der Waals surface area contributed by atoms with Gasteiger partial charge in [-0.25, -0.2) is 9.13 Å². The zero-order valence-corrected chi connectivity index (χ0v) is 59.0. The van der Waals surface area contributed by atoms with Crippen LogP contribution in [0.3, 0.4) is 0 Å². The number of carbonyl (C=O) groups is 4. The highest BCUT2D eigenvalue weighted by Gasteiger charge is 2.30. The molecule has 0 aliphatic carbocycles. The molecule has 0 saturated heterocycles. The molecule has 0 aliphatic heterocycles. The number of aliphatic hydroxyl groups is 1. The van der Waals surface area contributed by atoms with Crippen molar-refractivity contribution >= 4 is 39.5 Å². The molecule has 0 aromatic heterocycles. The molecule has 0 amide bonds. The molecule has 3 N–H and O–H groups in total. The molecular weight excluding hydrogens is 1160 g/mol. The van der Waals surface area contributed by atoms with Gasteiger partial charge in [-0.2, -0.15) is 0 Å². The lowest BCUT2D eigenvalue weighted by Crippen LogP contribution is -2.30. The van der Waals surface area contributed by atoms with Gasteiger partial charge in [-0.15, -0.1) is 0 Å². The van der Waals surface area contributed by atoms with Crippen LogP contribution in [0.4, 0.5) is 0 Å². The number of ether oxygens (including phenoxy) is 4. The van der Waals surface area contributed by atoms with E-state index < -0.39 is 97.5 Å². The van der Waals surface area contributed by atoms with Gasteiger partial charge in [0.2, 0.25) is 0 Å². The van der Waals surface area contributed by atoms with E-state index in [9.17, 15) is 43.2 Å². The third-order valence-corrected chi connectivity index (χ3v) is 17.8. The summed E-state index contributed by atoms with van der Waals surface area (Å²) in [5.41, 5.74) is 0. The Kier molecular flexibility index (Phi) is 58.7. The minimum atomic E-state index is -4.95. The molecule has 0 bridgehead atoms. The van der Waals surface area contributed by atoms with E-state index in [2.05, 4.69) is 48.5 Å². The Morgan fingerprint density at radius 2 is 0.523 bits per heavy atom. The summed E-state index contributed by atoms with van der Waals surface area (Å²) in [6.07, 6.45) is 43.5. The number of phosphoric acid groups is 2. The quantitative estimate of drug-likeness (QED) is 0.0222. The van der Waals surface area contributed by atoms with E-state index in [-0.39, 0.29) is 25.7 Å². The zero-order chi connectivity index (χ0) is 65.2. The predicted octanol–water partition coefficient (Wildman–Crippen LogP) is 19.5. The molecule has 0 saturated carbocycles. The Labute approximate surface area is 537 Å². The van der Waals surface area contributed by atoms with Crippen molar-refractivity contribution < 1.29 is 80.2 Å². The number of hydrogen-bond donors (Lipinski definition) is 3. The monoisotopic (exact) mass is 1300 g/mol. The Balaban J connectivity index is 5.17. The SMILES string of the molecule is CCCCCCCC(=O)OC[C@H](COP(=O)(O)OC[C@H](O)COP(=O)(O)OC[C@@H](COC(=O)CCCCCCCCCCCCCCCC(C)C)OC(=O)CCCCCCCCCCCCCCCC(C)C)OC(=O)CCCCCCCCCCC(C)C. The number of unbranched alkanes of at least 4 members (excludes halogenated alkanes) is 35. The molecule has 0 aromatic rings. The van der Waals surface area contributed by atoms with Gasteiger partial charge in [0.05, 0.1) is 26.4 Å². The summed E-state index contributed by atoms with van der Waals surface area (Å²) < 4.78 is 68.0. The highest BCUT2D eigenvalue weighted by molar-refractivity contribution is 7.47. The molecule has 522 valence electrons. The van der Waals surface area contributed by atoms with Crippen molar-refractivity contribution in [3.63, 3.8) is 0 Å². The first-order valence-corrected chi connectivity index (χ1v) is 38.8. The molecule has 0 spiro atoms. The summed E-state index contributed by atoms with van der Waals surface area (Å²) in [5.74, 6) is 0.157. The van der Waals surface area contributed by atoms with Crippen LogP contribution in [0.15, 0.2) is 0 Å². The second-order valence-electron chi connectivity index (χ2n) is 26.3. The van der Waals surface area contributed by atoms with Crippen LogP contribution in [0, 0.1) is 17.8 Å². The third kappa shape index (κ3) is 62.8. The molecule has 0 aromatic carbocycles. The van der Waals surface area contributed by atoms with Gasteiger partial charge >= 0.3 is 39.5 Å². The molecule has 0 fully saturated rings. The van der Waals surface area contributed by atoms with Gasteiger partial charge < -0.3 is 33.8 Å². The number of aliphatic hydroxyl groups excluding tert-OH is 1. The average molecular weight is 1300 g/mol. The van der Waals surface area contributed by atoms with E-state index >= 15 is 0 Å². The first-order valence-electron chi connectivity index (χ1n) is 35.8. The maximum absolute atomic E-state index is 13.0. The van der Waals surface area contributed by atoms with Gasteiger partial charge in [0.25, 0.3) is 0 Å². The molecule has 0 rings (SSSR count). The second kappa shape index (κ2) is 60.0. The van der Waals surface area contributed by atoms with Crippen molar-refractivity contribution in [3.05, 3.63) is 0 Å². The Morgan fingerprint density at radius 3 is 0.773 bits per heavy atom. The Morgan fingerprint density at radius 1 is 0.307 bits per heavy atom. The highest BCUT2D eigenvalue weighted by Crippen LogP contribution is 2.45. The average Bonchev–Trinajstić information content (AvgIpc) is 3.69. The number of rotatable bonds is 67. The van der Waals surface area contributed by atoms with E-state index in [1.807, 2.05) is 0 Å². The van der Waals surface area contributed by atoms with E-state index in [1.165, 1.54) is 148 Å². The minimum absolute atomic E-state index is 0.103. The number of carbonyl (C=O) groups excluding carboxylic acids is 4.